The molecule has 7 nitrogen and oxygen atoms in total. The van der Waals surface area contributed by atoms with Gasteiger partial charge in [0, 0.05) is 44.7 Å². The number of nitrogens with one attached hydrogen (secondary N) is 2. The number of guanidine groups is 1. The molecule has 2 aliphatic rings. The van der Waals surface area contributed by atoms with Crippen molar-refractivity contribution in [1.29, 1.82) is 0 Å². The van der Waals surface area contributed by atoms with E-state index in [1.165, 1.54) is 19.3 Å². The fourth-order valence-corrected chi connectivity index (χ4v) is 4.63. The van der Waals surface area contributed by atoms with Gasteiger partial charge in [0.25, 0.3) is 0 Å². The summed E-state index contributed by atoms with van der Waals surface area (Å²) in [5, 5.41) is 6.68. The van der Waals surface area contributed by atoms with Gasteiger partial charge in [-0.1, -0.05) is 49.6 Å². The van der Waals surface area contributed by atoms with E-state index < -0.39 is 0 Å². The molecule has 2 amide bonds. The van der Waals surface area contributed by atoms with Crippen LogP contribution in [-0.2, 0) is 16.1 Å². The maximum atomic E-state index is 12.8. The molecule has 0 bridgehead atoms. The van der Waals surface area contributed by atoms with Crippen molar-refractivity contribution >= 4 is 41.8 Å². The molecular formula is C25H40IN5O2. The zero-order valence-electron chi connectivity index (χ0n) is 20.1. The van der Waals surface area contributed by atoms with Crippen molar-refractivity contribution < 1.29 is 9.59 Å². The van der Waals surface area contributed by atoms with Gasteiger partial charge >= 0.3 is 0 Å². The average Bonchev–Trinajstić information content (AvgIpc) is 3.30. The van der Waals surface area contributed by atoms with Crippen LogP contribution in [0.25, 0.3) is 0 Å². The Morgan fingerprint density at radius 3 is 2.48 bits per heavy atom. The minimum absolute atomic E-state index is 0. The lowest BCUT2D eigenvalue weighted by Crippen LogP contribution is -2.46. The molecule has 2 fully saturated rings. The summed E-state index contributed by atoms with van der Waals surface area (Å²) in [7, 11) is 0. The number of amides is 2. The van der Waals surface area contributed by atoms with Gasteiger partial charge in [-0.2, -0.15) is 0 Å². The summed E-state index contributed by atoms with van der Waals surface area (Å²) in [5.41, 5.74) is 1.12. The molecule has 1 aliphatic carbocycles. The zero-order chi connectivity index (χ0) is 22.8. The van der Waals surface area contributed by atoms with E-state index in [1.54, 1.807) is 0 Å². The number of benzene rings is 1. The summed E-state index contributed by atoms with van der Waals surface area (Å²) >= 11 is 0. The van der Waals surface area contributed by atoms with Crippen LogP contribution in [0.2, 0.25) is 0 Å². The monoisotopic (exact) mass is 569 g/mol. The predicted octanol–water partition coefficient (Wildman–Crippen LogP) is 3.39. The van der Waals surface area contributed by atoms with E-state index in [0.29, 0.717) is 31.5 Å². The highest BCUT2D eigenvalue weighted by atomic mass is 127. The number of aliphatic imine (C=N–C) groups is 1. The normalized spacial score (nSPS) is 19.0. The number of nitrogens with zero attached hydrogens (tertiary/aromatic N) is 3. The van der Waals surface area contributed by atoms with Crippen LogP contribution in [-0.4, -0.2) is 66.3 Å². The lowest BCUT2D eigenvalue weighted by Gasteiger charge is -2.26. The first-order chi connectivity index (χ1) is 15.6. The van der Waals surface area contributed by atoms with Gasteiger partial charge in [-0.25, -0.2) is 4.99 Å². The van der Waals surface area contributed by atoms with Crippen LogP contribution in [0, 0.1) is 5.92 Å². The predicted molar refractivity (Wildman–Crippen MR) is 144 cm³/mol. The Kier molecular flexibility index (Phi) is 12.0. The van der Waals surface area contributed by atoms with E-state index in [-0.39, 0.29) is 48.4 Å². The van der Waals surface area contributed by atoms with Crippen molar-refractivity contribution in [2.24, 2.45) is 10.9 Å². The highest BCUT2D eigenvalue weighted by Gasteiger charge is 2.31. The SMILES string of the molecule is CCNC(=NCC(=O)N(CC)Cc1ccccc1)NC1CCN(C(=O)C2CCCCC2)C1.I. The van der Waals surface area contributed by atoms with Gasteiger partial charge in [-0.3, -0.25) is 9.59 Å². The number of hydrogen-bond donors (Lipinski definition) is 2. The van der Waals surface area contributed by atoms with Crippen molar-refractivity contribution in [3.8, 4) is 0 Å². The van der Waals surface area contributed by atoms with Crippen LogP contribution in [0.3, 0.4) is 0 Å². The molecule has 1 aliphatic heterocycles. The van der Waals surface area contributed by atoms with Gasteiger partial charge in [0.1, 0.15) is 6.54 Å². The summed E-state index contributed by atoms with van der Waals surface area (Å²) in [5.74, 6) is 1.19. The zero-order valence-corrected chi connectivity index (χ0v) is 22.4. The Morgan fingerprint density at radius 1 is 1.09 bits per heavy atom. The Morgan fingerprint density at radius 2 is 1.82 bits per heavy atom. The van der Waals surface area contributed by atoms with E-state index >= 15 is 0 Å². The number of hydrogen-bond acceptors (Lipinski definition) is 3. The standard InChI is InChI=1S/C25H39N5O2.HI/c1-3-26-25(27-17-23(31)29(4-2)18-20-11-7-5-8-12-20)28-22-15-16-30(19-22)24(32)21-13-9-6-10-14-21;/h5,7-8,11-12,21-22H,3-4,6,9-10,13-19H2,1-2H3,(H2,26,27,28);1H. The van der Waals surface area contributed by atoms with Crippen LogP contribution >= 0.6 is 24.0 Å². The molecule has 1 saturated heterocycles. The minimum Gasteiger partial charge on any atom is -0.357 e. The highest BCUT2D eigenvalue weighted by Crippen LogP contribution is 2.26. The molecule has 8 heteroatoms. The number of likely N-dealkylation sites (tertiary alicyclic amines) is 1. The third-order valence-corrected chi connectivity index (χ3v) is 6.46. The van der Waals surface area contributed by atoms with Crippen LogP contribution in [0.15, 0.2) is 35.3 Å². The molecule has 184 valence electrons. The maximum absolute atomic E-state index is 12.8. The van der Waals surface area contributed by atoms with E-state index in [4.69, 9.17) is 0 Å². The Balaban J connectivity index is 0.00000385. The molecule has 1 aromatic rings. The second kappa shape index (κ2) is 14.4. The molecule has 1 atom stereocenters. The Bertz CT molecular complexity index is 767. The number of likely N-dealkylation sites (N-methyl/N-ethyl adjacent to an activating group) is 1. The van der Waals surface area contributed by atoms with Crippen molar-refractivity contribution in [2.45, 2.75) is 65.0 Å². The van der Waals surface area contributed by atoms with E-state index in [9.17, 15) is 9.59 Å². The fraction of sp³-hybridized carbons (Fsp3) is 0.640. The topological polar surface area (TPSA) is 77.0 Å². The van der Waals surface area contributed by atoms with Crippen LogP contribution in [0.5, 0.6) is 0 Å². The molecule has 3 rings (SSSR count). The van der Waals surface area contributed by atoms with E-state index in [0.717, 1.165) is 37.9 Å². The molecule has 1 aromatic carbocycles. The third kappa shape index (κ3) is 8.46. The number of carbonyl (C=O) groups is 2. The van der Waals surface area contributed by atoms with Gasteiger partial charge in [-0.15, -0.1) is 24.0 Å². The van der Waals surface area contributed by atoms with Crippen LogP contribution in [0.4, 0.5) is 0 Å². The number of carbonyl (C=O) groups excluding carboxylic acids is 2. The lowest BCUT2D eigenvalue weighted by atomic mass is 9.88. The summed E-state index contributed by atoms with van der Waals surface area (Å²) in [6, 6.07) is 10.2. The second-order valence-electron chi connectivity index (χ2n) is 8.84. The van der Waals surface area contributed by atoms with Gasteiger partial charge in [-0.05, 0) is 38.7 Å². The number of rotatable bonds is 8. The van der Waals surface area contributed by atoms with Crippen LogP contribution in [0.1, 0.15) is 57.9 Å². The van der Waals surface area contributed by atoms with Crippen LogP contribution < -0.4 is 10.6 Å². The maximum Gasteiger partial charge on any atom is 0.244 e. The van der Waals surface area contributed by atoms with Crippen molar-refractivity contribution in [1.82, 2.24) is 20.4 Å². The quantitative estimate of drug-likeness (QED) is 0.286. The molecule has 0 aromatic heterocycles. The molecule has 2 N–H and O–H groups in total. The average molecular weight is 570 g/mol. The van der Waals surface area contributed by atoms with E-state index in [2.05, 4.69) is 15.6 Å². The molecule has 1 saturated carbocycles. The highest BCUT2D eigenvalue weighted by molar-refractivity contribution is 14.0. The summed E-state index contributed by atoms with van der Waals surface area (Å²) < 4.78 is 0. The summed E-state index contributed by atoms with van der Waals surface area (Å²) in [6.45, 7) is 7.58. The Hall–Kier alpha value is -1.84. The van der Waals surface area contributed by atoms with Crippen molar-refractivity contribution in [3.63, 3.8) is 0 Å². The Labute approximate surface area is 215 Å². The first-order valence-electron chi connectivity index (χ1n) is 12.3. The molecule has 0 spiro atoms. The van der Waals surface area contributed by atoms with Gasteiger partial charge in [0.05, 0.1) is 0 Å². The van der Waals surface area contributed by atoms with Gasteiger partial charge in [0.2, 0.25) is 11.8 Å². The largest absolute Gasteiger partial charge is 0.357 e. The second-order valence-corrected chi connectivity index (χ2v) is 8.84. The molecule has 1 unspecified atom stereocenters. The lowest BCUT2D eigenvalue weighted by molar-refractivity contribution is -0.135. The molecule has 0 radical (unpaired) electrons. The summed E-state index contributed by atoms with van der Waals surface area (Å²) in [4.78, 5) is 34.0. The van der Waals surface area contributed by atoms with E-state index in [1.807, 2.05) is 54.0 Å². The third-order valence-electron chi connectivity index (χ3n) is 6.46. The minimum atomic E-state index is 0. The number of halogens is 1. The van der Waals surface area contributed by atoms with Gasteiger partial charge in [0.15, 0.2) is 5.96 Å². The summed E-state index contributed by atoms with van der Waals surface area (Å²) in [6.07, 6.45) is 6.60. The molecule has 1 heterocycles. The first-order valence-corrected chi connectivity index (χ1v) is 12.3. The molecular weight excluding hydrogens is 529 g/mol. The first kappa shape index (κ1) is 27.4. The van der Waals surface area contributed by atoms with Crippen molar-refractivity contribution in [3.05, 3.63) is 35.9 Å². The van der Waals surface area contributed by atoms with Crippen molar-refractivity contribution in [2.75, 3.05) is 32.7 Å². The van der Waals surface area contributed by atoms with Gasteiger partial charge < -0.3 is 20.4 Å². The molecule has 33 heavy (non-hydrogen) atoms. The fourth-order valence-electron chi connectivity index (χ4n) is 4.63. The smallest absolute Gasteiger partial charge is 0.244 e.